The van der Waals surface area contributed by atoms with Crippen LogP contribution in [0.15, 0.2) is 30.3 Å². The number of hydrogen-bond acceptors (Lipinski definition) is 3. The fourth-order valence-corrected chi connectivity index (χ4v) is 2.16. The van der Waals surface area contributed by atoms with Crippen LogP contribution in [0.1, 0.15) is 36.5 Å². The summed E-state index contributed by atoms with van der Waals surface area (Å²) in [5.74, 6) is 1.98. The van der Waals surface area contributed by atoms with E-state index in [1.807, 2.05) is 29.9 Å². The first kappa shape index (κ1) is 12.8. The number of aromatic nitrogens is 3. The fourth-order valence-electron chi connectivity index (χ4n) is 2.16. The van der Waals surface area contributed by atoms with E-state index in [0.29, 0.717) is 6.54 Å². The van der Waals surface area contributed by atoms with Crippen LogP contribution in [-0.4, -0.2) is 21.3 Å². The van der Waals surface area contributed by atoms with Gasteiger partial charge in [-0.3, -0.25) is 4.68 Å². The topological polar surface area (TPSA) is 56.7 Å². The largest absolute Gasteiger partial charge is 0.329 e. The van der Waals surface area contributed by atoms with Crippen LogP contribution in [0.5, 0.6) is 0 Å². The molecule has 0 saturated carbocycles. The van der Waals surface area contributed by atoms with Crippen LogP contribution >= 0.6 is 0 Å². The van der Waals surface area contributed by atoms with Gasteiger partial charge in [0.2, 0.25) is 0 Å². The Hall–Kier alpha value is -1.68. The molecule has 1 aromatic heterocycles. The Balaban J connectivity index is 2.33. The average Bonchev–Trinajstić information content (AvgIpc) is 2.73. The van der Waals surface area contributed by atoms with Crippen LogP contribution in [0.2, 0.25) is 0 Å². The Morgan fingerprint density at radius 2 is 2.00 bits per heavy atom. The van der Waals surface area contributed by atoms with E-state index in [0.717, 1.165) is 24.5 Å². The fraction of sp³-hybridized carbons (Fsp3) is 0.429. The molecule has 18 heavy (non-hydrogen) atoms. The highest BCUT2D eigenvalue weighted by Crippen LogP contribution is 2.21. The highest BCUT2D eigenvalue weighted by Gasteiger charge is 2.18. The maximum Gasteiger partial charge on any atom is 0.150 e. The molecule has 2 aromatic rings. The van der Waals surface area contributed by atoms with Crippen molar-refractivity contribution in [3.05, 3.63) is 47.5 Å². The van der Waals surface area contributed by atoms with Crippen LogP contribution in [-0.2, 0) is 13.5 Å². The lowest BCUT2D eigenvalue weighted by Crippen LogP contribution is -2.18. The van der Waals surface area contributed by atoms with Gasteiger partial charge in [-0.2, -0.15) is 5.10 Å². The monoisotopic (exact) mass is 244 g/mol. The van der Waals surface area contributed by atoms with Crippen molar-refractivity contribution in [2.24, 2.45) is 12.8 Å². The summed E-state index contributed by atoms with van der Waals surface area (Å²) < 4.78 is 1.86. The van der Waals surface area contributed by atoms with Gasteiger partial charge < -0.3 is 5.73 Å². The standard InChI is InChI=1S/C14H20N4/c1-3-7-13-16-14(18(2)17-13)12(10-15)11-8-5-4-6-9-11/h4-6,8-9,12H,3,7,10,15H2,1-2H3. The van der Waals surface area contributed by atoms with E-state index in [9.17, 15) is 0 Å². The molecule has 1 unspecified atom stereocenters. The van der Waals surface area contributed by atoms with Gasteiger partial charge in [-0.15, -0.1) is 0 Å². The predicted molar refractivity (Wildman–Crippen MR) is 72.3 cm³/mol. The van der Waals surface area contributed by atoms with Crippen molar-refractivity contribution in [1.82, 2.24) is 14.8 Å². The SMILES string of the molecule is CCCc1nc(C(CN)c2ccccc2)n(C)n1. The summed E-state index contributed by atoms with van der Waals surface area (Å²) in [6.45, 7) is 2.68. The second-order valence-electron chi connectivity index (χ2n) is 4.46. The Morgan fingerprint density at radius 3 is 2.61 bits per heavy atom. The summed E-state index contributed by atoms with van der Waals surface area (Å²) in [4.78, 5) is 4.62. The van der Waals surface area contributed by atoms with Crippen molar-refractivity contribution in [2.45, 2.75) is 25.7 Å². The Kier molecular flexibility index (Phi) is 4.10. The van der Waals surface area contributed by atoms with Crippen molar-refractivity contribution in [2.75, 3.05) is 6.54 Å². The summed E-state index contributed by atoms with van der Waals surface area (Å²) >= 11 is 0. The van der Waals surface area contributed by atoms with Crippen molar-refractivity contribution in [1.29, 1.82) is 0 Å². The van der Waals surface area contributed by atoms with Gasteiger partial charge in [0.25, 0.3) is 0 Å². The summed E-state index contributed by atoms with van der Waals surface area (Å²) in [5, 5.41) is 4.44. The van der Waals surface area contributed by atoms with E-state index in [4.69, 9.17) is 5.73 Å². The number of hydrogen-bond donors (Lipinski definition) is 1. The highest BCUT2D eigenvalue weighted by atomic mass is 15.3. The first-order valence-electron chi connectivity index (χ1n) is 6.41. The molecule has 0 fully saturated rings. The molecule has 0 saturated heterocycles. The maximum atomic E-state index is 5.91. The van der Waals surface area contributed by atoms with Crippen LogP contribution < -0.4 is 5.73 Å². The summed E-state index contributed by atoms with van der Waals surface area (Å²) in [6.07, 6.45) is 1.97. The number of benzene rings is 1. The summed E-state index contributed by atoms with van der Waals surface area (Å²) in [7, 11) is 1.94. The molecule has 0 amide bonds. The molecule has 0 aliphatic rings. The first-order chi connectivity index (χ1) is 8.76. The molecule has 0 aliphatic carbocycles. The number of aryl methyl sites for hydroxylation is 2. The van der Waals surface area contributed by atoms with E-state index < -0.39 is 0 Å². The van der Waals surface area contributed by atoms with E-state index in [1.54, 1.807) is 0 Å². The van der Waals surface area contributed by atoms with E-state index in [2.05, 4.69) is 29.1 Å². The van der Waals surface area contributed by atoms with Gasteiger partial charge in [-0.1, -0.05) is 37.3 Å². The summed E-state index contributed by atoms with van der Waals surface area (Å²) in [5.41, 5.74) is 7.10. The second kappa shape index (κ2) is 5.78. The molecule has 1 atom stereocenters. The molecular weight excluding hydrogens is 224 g/mol. The predicted octanol–water partition coefficient (Wildman–Crippen LogP) is 1.86. The number of nitrogens with two attached hydrogens (primary N) is 1. The van der Waals surface area contributed by atoms with Crippen LogP contribution in [0.4, 0.5) is 0 Å². The molecule has 0 spiro atoms. The summed E-state index contributed by atoms with van der Waals surface area (Å²) in [6, 6.07) is 10.2. The Morgan fingerprint density at radius 1 is 1.28 bits per heavy atom. The van der Waals surface area contributed by atoms with E-state index in [-0.39, 0.29) is 5.92 Å². The zero-order valence-electron chi connectivity index (χ0n) is 11.0. The van der Waals surface area contributed by atoms with Crippen molar-refractivity contribution in [3.8, 4) is 0 Å². The van der Waals surface area contributed by atoms with Gasteiger partial charge >= 0.3 is 0 Å². The van der Waals surface area contributed by atoms with Gasteiger partial charge in [0.05, 0.1) is 5.92 Å². The zero-order chi connectivity index (χ0) is 13.0. The lowest BCUT2D eigenvalue weighted by molar-refractivity contribution is 0.646. The molecule has 2 N–H and O–H groups in total. The molecule has 4 nitrogen and oxygen atoms in total. The van der Waals surface area contributed by atoms with E-state index >= 15 is 0 Å². The molecule has 96 valence electrons. The minimum Gasteiger partial charge on any atom is -0.329 e. The highest BCUT2D eigenvalue weighted by molar-refractivity contribution is 5.26. The van der Waals surface area contributed by atoms with Gasteiger partial charge in [0.1, 0.15) is 5.82 Å². The van der Waals surface area contributed by atoms with Crippen LogP contribution in [0.25, 0.3) is 0 Å². The third-order valence-corrected chi connectivity index (χ3v) is 3.06. The van der Waals surface area contributed by atoms with E-state index in [1.165, 1.54) is 5.56 Å². The minimum atomic E-state index is 0.120. The average molecular weight is 244 g/mol. The number of rotatable bonds is 5. The van der Waals surface area contributed by atoms with Crippen LogP contribution in [0, 0.1) is 0 Å². The molecule has 4 heteroatoms. The molecule has 2 rings (SSSR count). The lowest BCUT2D eigenvalue weighted by Gasteiger charge is -2.13. The molecule has 0 bridgehead atoms. The Bertz CT molecular complexity index is 490. The third kappa shape index (κ3) is 2.59. The van der Waals surface area contributed by atoms with Crippen LogP contribution in [0.3, 0.4) is 0 Å². The Labute approximate surface area is 108 Å². The number of nitrogens with zero attached hydrogens (tertiary/aromatic N) is 3. The molecule has 0 radical (unpaired) electrons. The van der Waals surface area contributed by atoms with Gasteiger partial charge in [-0.05, 0) is 12.0 Å². The van der Waals surface area contributed by atoms with Crippen molar-refractivity contribution in [3.63, 3.8) is 0 Å². The maximum absolute atomic E-state index is 5.91. The van der Waals surface area contributed by atoms with Gasteiger partial charge in [0.15, 0.2) is 5.82 Å². The lowest BCUT2D eigenvalue weighted by atomic mass is 9.98. The van der Waals surface area contributed by atoms with Gasteiger partial charge in [-0.25, -0.2) is 4.98 Å². The quantitative estimate of drug-likeness (QED) is 0.873. The molecule has 1 aromatic carbocycles. The minimum absolute atomic E-state index is 0.120. The first-order valence-corrected chi connectivity index (χ1v) is 6.41. The third-order valence-electron chi connectivity index (χ3n) is 3.06. The normalized spacial score (nSPS) is 12.6. The van der Waals surface area contributed by atoms with Crippen molar-refractivity contribution >= 4 is 0 Å². The van der Waals surface area contributed by atoms with Crippen molar-refractivity contribution < 1.29 is 0 Å². The molecule has 1 heterocycles. The molecular formula is C14H20N4. The molecule has 0 aliphatic heterocycles. The zero-order valence-corrected chi connectivity index (χ0v) is 11.0. The van der Waals surface area contributed by atoms with Gasteiger partial charge in [0, 0.05) is 20.0 Å². The smallest absolute Gasteiger partial charge is 0.150 e. The second-order valence-corrected chi connectivity index (χ2v) is 4.46.